The van der Waals surface area contributed by atoms with Gasteiger partial charge in [-0.3, -0.25) is 29.5 Å². The number of ketones is 1. The molecule has 2 fully saturated rings. The smallest absolute Gasteiger partial charge is 0.311 e. The monoisotopic (exact) mass is 440 g/mol. The minimum absolute atomic E-state index is 0.0561. The number of amides is 2. The fraction of sp³-hybridized carbons (Fsp3) is 0.455. The Bertz CT molecular complexity index is 1100. The van der Waals surface area contributed by atoms with Crippen molar-refractivity contribution in [1.82, 2.24) is 5.01 Å². The van der Waals surface area contributed by atoms with Crippen molar-refractivity contribution in [2.24, 2.45) is 22.4 Å². The Hall–Kier alpha value is -3.56. The van der Waals surface area contributed by atoms with Gasteiger partial charge in [0, 0.05) is 23.8 Å². The first-order chi connectivity index (χ1) is 15.0. The summed E-state index contributed by atoms with van der Waals surface area (Å²) in [6.07, 6.45) is 5.01. The summed E-state index contributed by atoms with van der Waals surface area (Å²) in [7, 11) is 1.28. The van der Waals surface area contributed by atoms with E-state index in [4.69, 9.17) is 4.74 Å². The van der Waals surface area contributed by atoms with Crippen LogP contribution in [0.2, 0.25) is 0 Å². The number of hydrogen-bond donors (Lipinski definition) is 0. The summed E-state index contributed by atoms with van der Waals surface area (Å²) in [4.78, 5) is 52.3. The Kier molecular flexibility index (Phi) is 4.91. The molecule has 1 aromatic carbocycles. The zero-order valence-corrected chi connectivity index (χ0v) is 18.4. The number of nitro benzene ring substituents is 1. The number of methoxy groups -OCH3 is 1. The molecule has 2 amide bonds. The van der Waals surface area contributed by atoms with Gasteiger partial charge in [-0.15, -0.1) is 0 Å². The van der Waals surface area contributed by atoms with Crippen LogP contribution in [0.15, 0.2) is 29.4 Å². The minimum Gasteiger partial charge on any atom is -0.490 e. The molecule has 168 valence electrons. The standard InChI is InChI=1S/C22H24N4O6/c1-11-9-14(26(30)31)15(32-5)10-13(11)24-20(28)16-12-7-6-8-23-25(12)18(17(16)21(24)29)19(27)22(2,3)4/h6-10,12,16-18H,1-5H3/t12-,16-,17+,18-/m0/s1. The van der Waals surface area contributed by atoms with Gasteiger partial charge in [0.15, 0.2) is 11.5 Å². The van der Waals surface area contributed by atoms with Crippen LogP contribution in [0.5, 0.6) is 5.75 Å². The molecule has 0 bridgehead atoms. The summed E-state index contributed by atoms with van der Waals surface area (Å²) in [5.41, 5.74) is -0.408. The van der Waals surface area contributed by atoms with Crippen molar-refractivity contribution < 1.29 is 24.0 Å². The molecule has 0 N–H and O–H groups in total. The molecule has 32 heavy (non-hydrogen) atoms. The maximum absolute atomic E-state index is 13.6. The lowest BCUT2D eigenvalue weighted by molar-refractivity contribution is -0.385. The van der Waals surface area contributed by atoms with Gasteiger partial charge in [-0.05, 0) is 18.6 Å². The lowest BCUT2D eigenvalue weighted by atomic mass is 9.80. The van der Waals surface area contributed by atoms with Crippen LogP contribution in [0, 0.1) is 34.3 Å². The van der Waals surface area contributed by atoms with E-state index in [0.29, 0.717) is 5.56 Å². The second-order valence-electron chi connectivity index (χ2n) is 9.21. The van der Waals surface area contributed by atoms with Gasteiger partial charge in [0.2, 0.25) is 11.8 Å². The van der Waals surface area contributed by atoms with Crippen LogP contribution in [0.4, 0.5) is 11.4 Å². The highest BCUT2D eigenvalue weighted by Gasteiger charge is 2.65. The molecule has 0 aromatic heterocycles. The molecule has 3 heterocycles. The number of benzene rings is 1. The summed E-state index contributed by atoms with van der Waals surface area (Å²) in [6.45, 7) is 6.90. The fourth-order valence-electron chi connectivity index (χ4n) is 4.73. The van der Waals surface area contributed by atoms with E-state index in [1.165, 1.54) is 19.2 Å². The average molecular weight is 440 g/mol. The van der Waals surface area contributed by atoms with Crippen LogP contribution in [0.3, 0.4) is 0 Å². The Labute approximate surface area is 184 Å². The number of nitrogens with zero attached hydrogens (tertiary/aromatic N) is 4. The third kappa shape index (κ3) is 3.01. The van der Waals surface area contributed by atoms with Crippen molar-refractivity contribution >= 4 is 35.2 Å². The zero-order valence-electron chi connectivity index (χ0n) is 18.4. The van der Waals surface area contributed by atoms with Gasteiger partial charge in [0.1, 0.15) is 6.04 Å². The topological polar surface area (TPSA) is 122 Å². The first-order valence-corrected chi connectivity index (χ1v) is 10.2. The van der Waals surface area contributed by atoms with Crippen LogP contribution < -0.4 is 9.64 Å². The number of nitro groups is 1. The van der Waals surface area contributed by atoms with E-state index in [1.807, 2.05) is 0 Å². The highest BCUT2D eigenvalue weighted by Crippen LogP contribution is 2.48. The van der Waals surface area contributed by atoms with Crippen LogP contribution >= 0.6 is 0 Å². The number of anilines is 1. The predicted molar refractivity (Wildman–Crippen MR) is 115 cm³/mol. The summed E-state index contributed by atoms with van der Waals surface area (Å²) < 4.78 is 5.13. The Morgan fingerprint density at radius 1 is 1.19 bits per heavy atom. The number of allylic oxidation sites excluding steroid dienone is 1. The van der Waals surface area contributed by atoms with Gasteiger partial charge in [-0.2, -0.15) is 5.10 Å². The number of rotatable bonds is 4. The largest absolute Gasteiger partial charge is 0.490 e. The van der Waals surface area contributed by atoms with Crippen LogP contribution in [-0.2, 0) is 14.4 Å². The highest BCUT2D eigenvalue weighted by molar-refractivity contribution is 6.24. The summed E-state index contributed by atoms with van der Waals surface area (Å²) in [5, 5.41) is 17.2. The van der Waals surface area contributed by atoms with E-state index in [0.717, 1.165) is 4.90 Å². The second kappa shape index (κ2) is 7.25. The summed E-state index contributed by atoms with van der Waals surface area (Å²) >= 11 is 0. The SMILES string of the molecule is COc1cc(N2C(=O)[C@@H]3[C@@H](C2=O)[C@@H]2C=CC=NN2[C@@H]3C(=O)C(C)(C)C)c(C)cc1[N+](=O)[O-]. The average Bonchev–Trinajstić information content (AvgIpc) is 3.19. The molecule has 3 aliphatic heterocycles. The number of hydrogen-bond acceptors (Lipinski definition) is 8. The molecule has 10 nitrogen and oxygen atoms in total. The van der Waals surface area contributed by atoms with Gasteiger partial charge < -0.3 is 4.74 Å². The molecular formula is C22H24N4O6. The van der Waals surface area contributed by atoms with Crippen LogP contribution in [0.1, 0.15) is 26.3 Å². The highest BCUT2D eigenvalue weighted by atomic mass is 16.6. The van der Waals surface area contributed by atoms with E-state index < -0.39 is 46.1 Å². The van der Waals surface area contributed by atoms with E-state index >= 15 is 0 Å². The van der Waals surface area contributed by atoms with Gasteiger partial charge in [-0.25, -0.2) is 4.90 Å². The fourth-order valence-corrected chi connectivity index (χ4v) is 4.73. The number of carbonyl (C=O) groups excluding carboxylic acids is 3. The molecule has 0 unspecified atom stereocenters. The Balaban J connectivity index is 1.82. The number of carbonyl (C=O) groups is 3. The molecule has 0 aliphatic carbocycles. The summed E-state index contributed by atoms with van der Waals surface area (Å²) in [6, 6.07) is 1.20. The van der Waals surface area contributed by atoms with E-state index in [-0.39, 0.29) is 22.9 Å². The molecule has 2 saturated heterocycles. The van der Waals surface area contributed by atoms with Crippen molar-refractivity contribution in [3.05, 3.63) is 40.0 Å². The molecule has 3 aliphatic rings. The molecular weight excluding hydrogens is 416 g/mol. The molecule has 0 saturated carbocycles. The first-order valence-electron chi connectivity index (χ1n) is 10.2. The number of fused-ring (bicyclic) bond motifs is 3. The number of imide groups is 1. The maximum Gasteiger partial charge on any atom is 0.311 e. The zero-order chi connectivity index (χ0) is 23.5. The normalized spacial score (nSPS) is 26.4. The number of hydrazone groups is 1. The van der Waals surface area contributed by atoms with Gasteiger partial charge >= 0.3 is 5.69 Å². The quantitative estimate of drug-likeness (QED) is 0.400. The molecule has 4 rings (SSSR count). The van der Waals surface area contributed by atoms with E-state index in [1.54, 1.807) is 51.1 Å². The lowest BCUT2D eigenvalue weighted by Crippen LogP contribution is -2.49. The summed E-state index contributed by atoms with van der Waals surface area (Å²) in [5.74, 6) is -2.89. The Morgan fingerprint density at radius 2 is 1.84 bits per heavy atom. The minimum atomic E-state index is -0.903. The first kappa shape index (κ1) is 21.7. The van der Waals surface area contributed by atoms with E-state index in [2.05, 4.69) is 5.10 Å². The van der Waals surface area contributed by atoms with Gasteiger partial charge in [0.25, 0.3) is 0 Å². The molecule has 0 radical (unpaired) electrons. The van der Waals surface area contributed by atoms with Crippen molar-refractivity contribution in [3.63, 3.8) is 0 Å². The molecule has 10 heteroatoms. The van der Waals surface area contributed by atoms with Crippen molar-refractivity contribution in [2.75, 3.05) is 12.0 Å². The molecule has 4 atom stereocenters. The van der Waals surface area contributed by atoms with E-state index in [9.17, 15) is 24.5 Å². The Morgan fingerprint density at radius 3 is 2.44 bits per heavy atom. The predicted octanol–water partition coefficient (Wildman–Crippen LogP) is 2.24. The third-order valence-corrected chi connectivity index (χ3v) is 6.23. The maximum atomic E-state index is 13.6. The number of ether oxygens (including phenoxy) is 1. The molecule has 0 spiro atoms. The van der Waals surface area contributed by atoms with Crippen LogP contribution in [-0.4, -0.2) is 52.9 Å². The third-order valence-electron chi connectivity index (χ3n) is 6.23. The number of Topliss-reactive ketones (excluding diaryl/α,β-unsaturated/α-hetero) is 1. The number of aryl methyl sites for hydroxylation is 1. The van der Waals surface area contributed by atoms with Crippen molar-refractivity contribution in [1.29, 1.82) is 0 Å². The lowest BCUT2D eigenvalue weighted by Gasteiger charge is -2.33. The van der Waals surface area contributed by atoms with Crippen molar-refractivity contribution in [2.45, 2.75) is 39.8 Å². The van der Waals surface area contributed by atoms with Gasteiger partial charge in [0.05, 0.1) is 35.6 Å². The van der Waals surface area contributed by atoms with Gasteiger partial charge in [-0.1, -0.05) is 26.8 Å². The second-order valence-corrected chi connectivity index (χ2v) is 9.21. The van der Waals surface area contributed by atoms with Crippen LogP contribution in [0.25, 0.3) is 0 Å². The van der Waals surface area contributed by atoms with Crippen molar-refractivity contribution in [3.8, 4) is 5.75 Å². The molecule has 1 aromatic rings.